The van der Waals surface area contributed by atoms with Gasteiger partial charge < -0.3 is 19.5 Å². The molecule has 45 heavy (non-hydrogen) atoms. The molecule has 3 aromatic heterocycles. The average Bonchev–Trinajstić information content (AvgIpc) is 3.71. The SMILES string of the molecule is CC(C)Oc1nn(C2CCC(N3CCOCC3)CC2)cc1Nc1ncc(-c2ccc(C#N)c(O[C@@H](C)Cn3cncn3)c2)cn1. The van der Waals surface area contributed by atoms with Crippen LogP contribution in [-0.4, -0.2) is 84.0 Å². The second-order valence-corrected chi connectivity index (χ2v) is 11.9. The summed E-state index contributed by atoms with van der Waals surface area (Å²) in [5.74, 6) is 1.48. The number of nitriles is 1. The van der Waals surface area contributed by atoms with Crippen LogP contribution in [0.2, 0.25) is 0 Å². The molecule has 1 saturated heterocycles. The zero-order valence-electron chi connectivity index (χ0n) is 26.0. The Balaban J connectivity index is 1.13. The Hall–Kier alpha value is -4.54. The summed E-state index contributed by atoms with van der Waals surface area (Å²) in [5.41, 5.74) is 2.83. The van der Waals surface area contributed by atoms with Crippen molar-refractivity contribution in [3.8, 4) is 28.8 Å². The molecule has 6 rings (SSSR count). The zero-order valence-corrected chi connectivity index (χ0v) is 26.0. The van der Waals surface area contributed by atoms with E-state index in [1.54, 1.807) is 29.5 Å². The van der Waals surface area contributed by atoms with Crippen molar-refractivity contribution in [2.24, 2.45) is 0 Å². The first kappa shape index (κ1) is 30.5. The Labute approximate surface area is 263 Å². The third-order valence-corrected chi connectivity index (χ3v) is 8.22. The van der Waals surface area contributed by atoms with E-state index in [1.807, 2.05) is 43.8 Å². The Morgan fingerprint density at radius 2 is 1.78 bits per heavy atom. The van der Waals surface area contributed by atoms with Gasteiger partial charge in [-0.05, 0) is 64.2 Å². The molecule has 1 N–H and O–H groups in total. The van der Waals surface area contributed by atoms with Gasteiger partial charge in [-0.15, -0.1) is 5.10 Å². The molecule has 13 nitrogen and oxygen atoms in total. The second-order valence-electron chi connectivity index (χ2n) is 11.9. The molecule has 1 aliphatic carbocycles. The third-order valence-electron chi connectivity index (χ3n) is 8.22. The fraction of sp³-hybridized carbons (Fsp3) is 0.500. The number of nitrogens with one attached hydrogen (secondary N) is 1. The van der Waals surface area contributed by atoms with Crippen molar-refractivity contribution in [3.05, 3.63) is 55.0 Å². The standard InChI is InChI=1S/C32H40N10O3/c1-22(2)44-31-29(19-42(39-31)28-8-6-27(7-9-28)40-10-12-43-13-11-40)38-32-35-16-26(17-36-32)24-4-5-25(15-33)30(14-24)45-23(3)18-41-21-34-20-37-41/h4-5,14,16-17,19-23,27-28H,6-13,18H2,1-3H3,(H,35,36,38)/t23-,27?,28?/m0/s1. The van der Waals surface area contributed by atoms with E-state index in [0.717, 1.165) is 68.8 Å². The van der Waals surface area contributed by atoms with Crippen LogP contribution in [0.3, 0.4) is 0 Å². The smallest absolute Gasteiger partial charge is 0.257 e. The van der Waals surface area contributed by atoms with Crippen LogP contribution in [0.5, 0.6) is 11.6 Å². The molecule has 4 aromatic rings. The van der Waals surface area contributed by atoms with Gasteiger partial charge in [0.2, 0.25) is 5.95 Å². The lowest BCUT2D eigenvalue weighted by Crippen LogP contribution is -2.45. The maximum Gasteiger partial charge on any atom is 0.257 e. The summed E-state index contributed by atoms with van der Waals surface area (Å²) in [5, 5.41) is 21.9. The van der Waals surface area contributed by atoms with Gasteiger partial charge in [0.15, 0.2) is 0 Å². The maximum absolute atomic E-state index is 9.64. The van der Waals surface area contributed by atoms with Crippen LogP contribution >= 0.6 is 0 Å². The van der Waals surface area contributed by atoms with Crippen molar-refractivity contribution >= 4 is 11.6 Å². The van der Waals surface area contributed by atoms with Gasteiger partial charge in [-0.3, -0.25) is 9.58 Å². The molecule has 13 heteroatoms. The minimum atomic E-state index is -0.222. The van der Waals surface area contributed by atoms with Gasteiger partial charge in [-0.1, -0.05) is 6.07 Å². The Bertz CT molecular complexity index is 1570. The molecule has 1 atom stereocenters. The van der Waals surface area contributed by atoms with E-state index in [9.17, 15) is 5.26 Å². The molecule has 2 fully saturated rings. The molecule has 0 amide bonds. The highest BCUT2D eigenvalue weighted by molar-refractivity contribution is 5.67. The number of benzene rings is 1. The van der Waals surface area contributed by atoms with Crippen LogP contribution in [0.1, 0.15) is 58.1 Å². The molecule has 2 aliphatic rings. The summed E-state index contributed by atoms with van der Waals surface area (Å²) in [6, 6.07) is 8.61. The lowest BCUT2D eigenvalue weighted by molar-refractivity contribution is 0.00502. The summed E-state index contributed by atoms with van der Waals surface area (Å²) < 4.78 is 21.5. The Morgan fingerprint density at radius 3 is 2.47 bits per heavy atom. The number of ether oxygens (including phenoxy) is 3. The molecule has 4 heterocycles. The number of hydrogen-bond acceptors (Lipinski definition) is 11. The van der Waals surface area contributed by atoms with Crippen molar-refractivity contribution < 1.29 is 14.2 Å². The molecule has 0 radical (unpaired) electrons. The molecule has 0 spiro atoms. The Morgan fingerprint density at radius 1 is 1.02 bits per heavy atom. The molecular formula is C32H40N10O3. The van der Waals surface area contributed by atoms with Gasteiger partial charge in [0.1, 0.15) is 36.3 Å². The first-order valence-electron chi connectivity index (χ1n) is 15.7. The Kier molecular flexibility index (Phi) is 9.52. The number of hydrogen-bond donors (Lipinski definition) is 1. The first-order valence-corrected chi connectivity index (χ1v) is 15.7. The van der Waals surface area contributed by atoms with Gasteiger partial charge in [0.05, 0.1) is 43.7 Å². The monoisotopic (exact) mass is 612 g/mol. The van der Waals surface area contributed by atoms with Crippen LogP contribution in [-0.2, 0) is 11.3 Å². The highest BCUT2D eigenvalue weighted by Crippen LogP contribution is 2.35. The van der Waals surface area contributed by atoms with Crippen LogP contribution in [0.25, 0.3) is 11.1 Å². The topological polar surface area (TPSA) is 141 Å². The number of anilines is 2. The normalized spacial score (nSPS) is 19.6. The molecule has 0 unspecified atom stereocenters. The number of morpholine rings is 1. The van der Waals surface area contributed by atoms with Crippen molar-refractivity contribution in [1.82, 2.24) is 39.4 Å². The van der Waals surface area contributed by atoms with E-state index in [2.05, 4.69) is 36.3 Å². The van der Waals surface area contributed by atoms with E-state index < -0.39 is 0 Å². The van der Waals surface area contributed by atoms with Gasteiger partial charge >= 0.3 is 0 Å². The highest BCUT2D eigenvalue weighted by atomic mass is 16.5. The predicted octanol–water partition coefficient (Wildman–Crippen LogP) is 4.62. The average molecular weight is 613 g/mol. The molecule has 1 aromatic carbocycles. The van der Waals surface area contributed by atoms with Gasteiger partial charge in [-0.25, -0.2) is 19.6 Å². The summed E-state index contributed by atoms with van der Waals surface area (Å²) in [7, 11) is 0. The molecule has 0 bridgehead atoms. The van der Waals surface area contributed by atoms with Crippen LogP contribution in [0.15, 0.2) is 49.4 Å². The quantitative estimate of drug-likeness (QED) is 0.254. The minimum Gasteiger partial charge on any atom is -0.487 e. The molecular weight excluding hydrogens is 572 g/mol. The van der Waals surface area contributed by atoms with E-state index in [4.69, 9.17) is 19.3 Å². The molecule has 1 saturated carbocycles. The van der Waals surface area contributed by atoms with E-state index in [0.29, 0.717) is 41.8 Å². The van der Waals surface area contributed by atoms with Gasteiger partial charge in [-0.2, -0.15) is 10.4 Å². The number of nitrogens with zero attached hydrogens (tertiary/aromatic N) is 9. The second kappa shape index (κ2) is 14.0. The van der Waals surface area contributed by atoms with Crippen LogP contribution in [0, 0.1) is 11.3 Å². The summed E-state index contributed by atoms with van der Waals surface area (Å²) in [6.07, 6.45) is 12.8. The van der Waals surface area contributed by atoms with Crippen molar-refractivity contribution in [1.29, 1.82) is 5.26 Å². The van der Waals surface area contributed by atoms with E-state index in [-0.39, 0.29) is 12.2 Å². The molecule has 1 aliphatic heterocycles. The van der Waals surface area contributed by atoms with Crippen LogP contribution in [0.4, 0.5) is 11.6 Å². The lowest BCUT2D eigenvalue weighted by atomic mass is 9.90. The largest absolute Gasteiger partial charge is 0.487 e. The van der Waals surface area contributed by atoms with Crippen molar-refractivity contribution in [2.45, 2.75) is 77.3 Å². The van der Waals surface area contributed by atoms with E-state index in [1.165, 1.54) is 6.33 Å². The highest BCUT2D eigenvalue weighted by Gasteiger charge is 2.29. The number of aromatic nitrogens is 7. The lowest BCUT2D eigenvalue weighted by Gasteiger charge is -2.38. The summed E-state index contributed by atoms with van der Waals surface area (Å²) in [4.78, 5) is 15.7. The fourth-order valence-electron chi connectivity index (χ4n) is 5.99. The number of rotatable bonds is 11. The first-order chi connectivity index (χ1) is 21.9. The van der Waals surface area contributed by atoms with E-state index >= 15 is 0 Å². The third kappa shape index (κ3) is 7.58. The minimum absolute atomic E-state index is 0.0269. The maximum atomic E-state index is 9.64. The van der Waals surface area contributed by atoms with Gasteiger partial charge in [0.25, 0.3) is 5.88 Å². The summed E-state index contributed by atoms with van der Waals surface area (Å²) >= 11 is 0. The zero-order chi connectivity index (χ0) is 31.2. The molecule has 236 valence electrons. The summed E-state index contributed by atoms with van der Waals surface area (Å²) in [6.45, 7) is 10.1. The predicted molar refractivity (Wildman–Crippen MR) is 167 cm³/mol. The van der Waals surface area contributed by atoms with Gasteiger partial charge in [0, 0.05) is 37.1 Å². The van der Waals surface area contributed by atoms with Crippen LogP contribution < -0.4 is 14.8 Å². The van der Waals surface area contributed by atoms with Crippen molar-refractivity contribution in [2.75, 3.05) is 31.6 Å². The fourth-order valence-corrected chi connectivity index (χ4v) is 5.99. The van der Waals surface area contributed by atoms with Crippen molar-refractivity contribution in [3.63, 3.8) is 0 Å².